The minimum Gasteiger partial charge on any atom is -0.497 e. The minimum atomic E-state index is -0.247. The van der Waals surface area contributed by atoms with Crippen molar-refractivity contribution in [2.24, 2.45) is 0 Å². The molecule has 1 aromatic rings. The highest BCUT2D eigenvalue weighted by atomic mass is 16.5. The number of nitrogens with one attached hydrogen (secondary N) is 1. The molecule has 2 aliphatic rings. The van der Waals surface area contributed by atoms with Crippen molar-refractivity contribution in [2.75, 3.05) is 20.2 Å². The topological polar surface area (TPSA) is 65.4 Å². The van der Waals surface area contributed by atoms with Gasteiger partial charge in [-0.1, -0.05) is 0 Å². The van der Waals surface area contributed by atoms with Crippen LogP contribution in [-0.2, 0) is 4.79 Å². The van der Waals surface area contributed by atoms with Crippen LogP contribution in [0.5, 0.6) is 5.75 Å². The van der Waals surface area contributed by atoms with Gasteiger partial charge in [0, 0.05) is 13.1 Å². The first kappa shape index (κ1) is 16.8. The van der Waals surface area contributed by atoms with E-state index in [0.717, 1.165) is 31.6 Å². The molecule has 2 aliphatic heterocycles. The molecule has 1 N–H and O–H groups in total. The molecule has 1 aromatic carbocycles. The highest BCUT2D eigenvalue weighted by Crippen LogP contribution is 2.34. The molecule has 2 fully saturated rings. The van der Waals surface area contributed by atoms with Crippen LogP contribution in [0.15, 0.2) is 12.1 Å². The number of ether oxygens (including phenoxy) is 1. The predicted octanol–water partition coefficient (Wildman–Crippen LogP) is 2.27. The average molecular weight is 327 g/mol. The summed E-state index contributed by atoms with van der Waals surface area (Å²) < 4.78 is 5.34. The van der Waals surface area contributed by atoms with Crippen LogP contribution in [0, 0.1) is 25.2 Å². The Morgan fingerprint density at radius 3 is 2.71 bits per heavy atom. The van der Waals surface area contributed by atoms with E-state index in [4.69, 9.17) is 4.74 Å². The molecule has 3 rings (SSSR count). The normalized spacial score (nSPS) is 26.4. The molecule has 3 atom stereocenters. The van der Waals surface area contributed by atoms with Gasteiger partial charge in [-0.2, -0.15) is 5.26 Å². The number of carbonyl (C=O) groups is 1. The third-order valence-electron chi connectivity index (χ3n) is 5.33. The summed E-state index contributed by atoms with van der Waals surface area (Å²) in [5.74, 6) is 1.29. The molecule has 2 heterocycles. The Balaban J connectivity index is 1.74. The zero-order chi connectivity index (χ0) is 17.3. The molecular formula is C19H25N3O2. The lowest BCUT2D eigenvalue weighted by Gasteiger charge is -2.23. The van der Waals surface area contributed by atoms with E-state index in [-0.39, 0.29) is 18.0 Å². The van der Waals surface area contributed by atoms with Crippen molar-refractivity contribution in [3.05, 3.63) is 28.8 Å². The van der Waals surface area contributed by atoms with Gasteiger partial charge in [0.2, 0.25) is 5.91 Å². The smallest absolute Gasteiger partial charge is 0.240 e. The molecule has 5 heteroatoms. The Bertz CT molecular complexity index is 657. The molecule has 128 valence electrons. The number of likely N-dealkylation sites (tertiary alicyclic amines) is 1. The first-order valence-corrected chi connectivity index (χ1v) is 8.63. The summed E-state index contributed by atoms with van der Waals surface area (Å²) in [6.45, 7) is 5.72. The van der Waals surface area contributed by atoms with E-state index < -0.39 is 0 Å². The van der Waals surface area contributed by atoms with E-state index in [1.54, 1.807) is 12.0 Å². The first-order valence-electron chi connectivity index (χ1n) is 8.63. The van der Waals surface area contributed by atoms with Gasteiger partial charge >= 0.3 is 0 Å². The highest BCUT2D eigenvalue weighted by molar-refractivity contribution is 5.83. The summed E-state index contributed by atoms with van der Waals surface area (Å²) in [7, 11) is 1.68. The number of hydrogen-bond donors (Lipinski definition) is 1. The van der Waals surface area contributed by atoms with Crippen LogP contribution in [0.4, 0.5) is 0 Å². The number of nitriles is 1. The number of methoxy groups -OCH3 is 1. The van der Waals surface area contributed by atoms with Gasteiger partial charge in [-0.15, -0.1) is 0 Å². The molecular weight excluding hydrogens is 302 g/mol. The van der Waals surface area contributed by atoms with Crippen molar-refractivity contribution < 1.29 is 9.53 Å². The van der Waals surface area contributed by atoms with Crippen LogP contribution < -0.4 is 10.1 Å². The summed E-state index contributed by atoms with van der Waals surface area (Å²) in [6.07, 6.45) is 2.52. The maximum atomic E-state index is 12.8. The molecule has 0 spiro atoms. The van der Waals surface area contributed by atoms with Crippen molar-refractivity contribution in [1.29, 1.82) is 5.26 Å². The quantitative estimate of drug-likeness (QED) is 0.925. The average Bonchev–Trinajstić information content (AvgIpc) is 3.22. The maximum absolute atomic E-state index is 12.8. The lowest BCUT2D eigenvalue weighted by Crippen LogP contribution is -2.45. The van der Waals surface area contributed by atoms with Crippen LogP contribution >= 0.6 is 0 Å². The Morgan fingerprint density at radius 1 is 1.38 bits per heavy atom. The van der Waals surface area contributed by atoms with E-state index in [1.165, 1.54) is 16.7 Å². The van der Waals surface area contributed by atoms with Gasteiger partial charge in [0.25, 0.3) is 0 Å². The van der Waals surface area contributed by atoms with Crippen molar-refractivity contribution in [2.45, 2.75) is 51.1 Å². The summed E-state index contributed by atoms with van der Waals surface area (Å²) >= 11 is 0. The predicted molar refractivity (Wildman–Crippen MR) is 92.0 cm³/mol. The molecule has 0 aliphatic carbocycles. The SMILES string of the molecule is COc1cc(C)c([C@@H]2CN[C@H](C(=O)N3CCC[C@H]3C#N)C2)c(C)c1. The molecule has 0 radical (unpaired) electrons. The fourth-order valence-corrected chi connectivity index (χ4v) is 4.21. The highest BCUT2D eigenvalue weighted by Gasteiger charge is 2.38. The van der Waals surface area contributed by atoms with Gasteiger partial charge in [0.1, 0.15) is 11.8 Å². The van der Waals surface area contributed by atoms with E-state index in [9.17, 15) is 10.1 Å². The van der Waals surface area contributed by atoms with Crippen molar-refractivity contribution >= 4 is 5.91 Å². The fourth-order valence-electron chi connectivity index (χ4n) is 4.21. The van der Waals surface area contributed by atoms with Gasteiger partial charge in [-0.25, -0.2) is 0 Å². The molecule has 0 aromatic heterocycles. The van der Waals surface area contributed by atoms with Crippen LogP contribution in [0.25, 0.3) is 0 Å². The number of hydrogen-bond acceptors (Lipinski definition) is 4. The molecule has 5 nitrogen and oxygen atoms in total. The number of carbonyl (C=O) groups excluding carboxylic acids is 1. The van der Waals surface area contributed by atoms with Gasteiger partial charge in [0.15, 0.2) is 0 Å². The van der Waals surface area contributed by atoms with E-state index in [2.05, 4.69) is 37.4 Å². The summed E-state index contributed by atoms with van der Waals surface area (Å²) in [6, 6.07) is 5.95. The van der Waals surface area contributed by atoms with Crippen LogP contribution in [0.3, 0.4) is 0 Å². The molecule has 24 heavy (non-hydrogen) atoms. The lowest BCUT2D eigenvalue weighted by atomic mass is 9.88. The minimum absolute atomic E-state index is 0.0883. The van der Waals surface area contributed by atoms with Crippen LogP contribution in [-0.4, -0.2) is 43.1 Å². The maximum Gasteiger partial charge on any atom is 0.240 e. The standard InChI is InChI=1S/C19H25N3O2/c1-12-7-16(24-3)8-13(2)18(12)14-9-17(21-11-14)19(23)22-6-4-5-15(22)10-20/h7-8,14-15,17,21H,4-6,9,11H2,1-3H3/t14-,15-,17-/m0/s1. The van der Waals surface area contributed by atoms with Gasteiger partial charge in [-0.3, -0.25) is 4.79 Å². The van der Waals surface area contributed by atoms with Crippen molar-refractivity contribution in [3.63, 3.8) is 0 Å². The third kappa shape index (κ3) is 2.99. The van der Waals surface area contributed by atoms with Gasteiger partial charge in [0.05, 0.1) is 19.2 Å². The fraction of sp³-hybridized carbons (Fsp3) is 0.579. The zero-order valence-corrected chi connectivity index (χ0v) is 14.6. The van der Waals surface area contributed by atoms with Crippen LogP contribution in [0.1, 0.15) is 41.9 Å². The number of amides is 1. The second-order valence-electron chi connectivity index (χ2n) is 6.89. The molecule has 0 saturated carbocycles. The van der Waals surface area contributed by atoms with Crippen molar-refractivity contribution in [3.8, 4) is 11.8 Å². The van der Waals surface area contributed by atoms with Crippen LogP contribution in [0.2, 0.25) is 0 Å². The Morgan fingerprint density at radius 2 is 2.08 bits per heavy atom. The molecule has 0 bridgehead atoms. The third-order valence-corrected chi connectivity index (χ3v) is 5.33. The molecule has 1 amide bonds. The summed E-state index contributed by atoms with van der Waals surface area (Å²) in [5, 5.41) is 12.6. The summed E-state index contributed by atoms with van der Waals surface area (Å²) in [5.41, 5.74) is 3.74. The van der Waals surface area contributed by atoms with E-state index in [0.29, 0.717) is 12.5 Å². The summed E-state index contributed by atoms with van der Waals surface area (Å²) in [4.78, 5) is 14.5. The van der Waals surface area contributed by atoms with E-state index >= 15 is 0 Å². The molecule has 2 saturated heterocycles. The van der Waals surface area contributed by atoms with Crippen molar-refractivity contribution in [1.82, 2.24) is 10.2 Å². The largest absolute Gasteiger partial charge is 0.497 e. The number of nitrogens with zero attached hydrogens (tertiary/aromatic N) is 2. The monoisotopic (exact) mass is 327 g/mol. The lowest BCUT2D eigenvalue weighted by molar-refractivity contribution is -0.133. The second-order valence-corrected chi connectivity index (χ2v) is 6.89. The zero-order valence-electron chi connectivity index (χ0n) is 14.6. The number of aryl methyl sites for hydroxylation is 2. The molecule has 0 unspecified atom stereocenters. The van der Waals surface area contributed by atoms with Gasteiger partial charge < -0.3 is 15.0 Å². The van der Waals surface area contributed by atoms with E-state index in [1.807, 2.05) is 0 Å². The number of benzene rings is 1. The first-order chi connectivity index (χ1) is 11.5. The Hall–Kier alpha value is -2.06. The second kappa shape index (κ2) is 6.82. The van der Waals surface area contributed by atoms with Gasteiger partial charge in [-0.05, 0) is 67.9 Å². The number of rotatable bonds is 3. The Kier molecular flexibility index (Phi) is 4.77. The Labute approximate surface area is 143 Å².